The first-order valence-corrected chi connectivity index (χ1v) is 7.63. The van der Waals surface area contributed by atoms with E-state index < -0.39 is 12.0 Å². The van der Waals surface area contributed by atoms with E-state index in [1.54, 1.807) is 19.1 Å². The Morgan fingerprint density at radius 3 is 2.43 bits per heavy atom. The van der Waals surface area contributed by atoms with Crippen LogP contribution in [0.15, 0.2) is 42.5 Å². The van der Waals surface area contributed by atoms with Gasteiger partial charge in [-0.1, -0.05) is 30.3 Å². The highest BCUT2D eigenvalue weighted by molar-refractivity contribution is 5.97. The molecular formula is C18H18N2O3. The molecule has 1 heterocycles. The van der Waals surface area contributed by atoms with Crippen molar-refractivity contribution in [3.63, 3.8) is 0 Å². The van der Waals surface area contributed by atoms with Gasteiger partial charge in [0, 0.05) is 5.56 Å². The third kappa shape index (κ3) is 3.39. The Bertz CT molecular complexity index is 739. The number of nitrogens with one attached hydrogen (secondary N) is 1. The van der Waals surface area contributed by atoms with E-state index in [0.29, 0.717) is 11.3 Å². The highest BCUT2D eigenvalue weighted by Crippen LogP contribution is 2.33. The average Bonchev–Trinajstić information content (AvgIpc) is 3.37. The summed E-state index contributed by atoms with van der Waals surface area (Å²) in [7, 11) is 0. The zero-order valence-electron chi connectivity index (χ0n) is 12.8. The fourth-order valence-electron chi connectivity index (χ4n) is 2.60. The zero-order chi connectivity index (χ0) is 16.4. The van der Waals surface area contributed by atoms with Crippen molar-refractivity contribution in [2.24, 2.45) is 5.92 Å². The van der Waals surface area contributed by atoms with Crippen LogP contribution in [0.1, 0.15) is 28.9 Å². The van der Waals surface area contributed by atoms with Gasteiger partial charge in [0.2, 0.25) is 0 Å². The van der Waals surface area contributed by atoms with Gasteiger partial charge in [-0.15, -0.1) is 0 Å². The second-order valence-corrected chi connectivity index (χ2v) is 5.82. The van der Waals surface area contributed by atoms with Crippen molar-refractivity contribution in [2.45, 2.75) is 25.8 Å². The monoisotopic (exact) mass is 310 g/mol. The lowest BCUT2D eigenvalue weighted by Gasteiger charge is -2.14. The second kappa shape index (κ2) is 6.20. The standard InChI is InChI=1S/C18H18N2O3/c1-11-14(17(21)20-16(18(22)23)13-7-8-13)9-10-15(19-11)12-5-3-2-4-6-12/h2-6,9-10,13,16H,7-8H2,1H3,(H,20,21)(H,22,23). The van der Waals surface area contributed by atoms with Crippen molar-refractivity contribution in [2.75, 3.05) is 0 Å². The van der Waals surface area contributed by atoms with Gasteiger partial charge in [-0.05, 0) is 37.8 Å². The van der Waals surface area contributed by atoms with Crippen LogP contribution < -0.4 is 5.32 Å². The van der Waals surface area contributed by atoms with E-state index in [0.717, 1.165) is 24.1 Å². The minimum atomic E-state index is -0.979. The molecule has 2 aromatic rings. The molecule has 2 N–H and O–H groups in total. The Hall–Kier alpha value is -2.69. The zero-order valence-corrected chi connectivity index (χ0v) is 12.8. The van der Waals surface area contributed by atoms with E-state index in [1.807, 2.05) is 30.3 Å². The third-order valence-electron chi connectivity index (χ3n) is 4.05. The van der Waals surface area contributed by atoms with E-state index in [9.17, 15) is 14.7 Å². The molecule has 1 atom stereocenters. The van der Waals surface area contributed by atoms with Gasteiger partial charge >= 0.3 is 5.97 Å². The number of pyridine rings is 1. The average molecular weight is 310 g/mol. The predicted molar refractivity (Wildman–Crippen MR) is 86.0 cm³/mol. The van der Waals surface area contributed by atoms with Crippen LogP contribution in [0.25, 0.3) is 11.3 Å². The van der Waals surface area contributed by atoms with Crippen molar-refractivity contribution in [3.05, 3.63) is 53.7 Å². The Morgan fingerprint density at radius 1 is 1.17 bits per heavy atom. The molecule has 3 rings (SSSR count). The molecule has 0 spiro atoms. The highest BCUT2D eigenvalue weighted by atomic mass is 16.4. The van der Waals surface area contributed by atoms with Crippen LogP contribution in [0.2, 0.25) is 0 Å². The van der Waals surface area contributed by atoms with E-state index in [4.69, 9.17) is 0 Å². The van der Waals surface area contributed by atoms with Gasteiger partial charge in [-0.25, -0.2) is 4.79 Å². The number of aromatic nitrogens is 1. The van der Waals surface area contributed by atoms with Crippen LogP contribution in [0.4, 0.5) is 0 Å². The van der Waals surface area contributed by atoms with Crippen molar-refractivity contribution >= 4 is 11.9 Å². The molecule has 0 bridgehead atoms. The van der Waals surface area contributed by atoms with Gasteiger partial charge in [-0.2, -0.15) is 0 Å². The Balaban J connectivity index is 1.80. The lowest BCUT2D eigenvalue weighted by Crippen LogP contribution is -2.42. The summed E-state index contributed by atoms with van der Waals surface area (Å²) in [6, 6.07) is 12.4. The molecule has 0 radical (unpaired) electrons. The second-order valence-electron chi connectivity index (χ2n) is 5.82. The number of carboxylic acids is 1. The Labute approximate surface area is 134 Å². The number of carbonyl (C=O) groups is 2. The topological polar surface area (TPSA) is 79.3 Å². The number of hydrogen-bond donors (Lipinski definition) is 2. The molecule has 1 aromatic carbocycles. The first-order valence-electron chi connectivity index (χ1n) is 7.63. The summed E-state index contributed by atoms with van der Waals surface area (Å²) in [5, 5.41) is 11.8. The first kappa shape index (κ1) is 15.2. The van der Waals surface area contributed by atoms with Gasteiger partial charge in [0.05, 0.1) is 17.0 Å². The molecule has 1 saturated carbocycles. The molecule has 1 unspecified atom stereocenters. The third-order valence-corrected chi connectivity index (χ3v) is 4.05. The van der Waals surface area contributed by atoms with Crippen molar-refractivity contribution in [3.8, 4) is 11.3 Å². The summed E-state index contributed by atoms with van der Waals surface area (Å²) in [4.78, 5) is 28.1. The summed E-state index contributed by atoms with van der Waals surface area (Å²) in [6.07, 6.45) is 1.70. The number of aryl methyl sites for hydroxylation is 1. The largest absolute Gasteiger partial charge is 0.480 e. The number of amides is 1. The number of nitrogens with zero attached hydrogens (tertiary/aromatic N) is 1. The number of carboxylic acid groups (broad SMARTS) is 1. The Kier molecular flexibility index (Phi) is 4.10. The lowest BCUT2D eigenvalue weighted by atomic mass is 10.1. The number of hydrogen-bond acceptors (Lipinski definition) is 3. The number of benzene rings is 1. The fourth-order valence-corrected chi connectivity index (χ4v) is 2.60. The molecule has 1 aliphatic rings. The van der Waals surface area contributed by atoms with Crippen LogP contribution in [-0.4, -0.2) is 28.0 Å². The summed E-state index contributed by atoms with van der Waals surface area (Å²) in [5.41, 5.74) is 2.76. The van der Waals surface area contributed by atoms with E-state index >= 15 is 0 Å². The molecule has 5 nitrogen and oxygen atoms in total. The summed E-state index contributed by atoms with van der Waals surface area (Å²) < 4.78 is 0. The minimum Gasteiger partial charge on any atom is -0.480 e. The van der Waals surface area contributed by atoms with Crippen LogP contribution in [0.3, 0.4) is 0 Å². The van der Waals surface area contributed by atoms with Gasteiger partial charge in [0.1, 0.15) is 6.04 Å². The van der Waals surface area contributed by atoms with Crippen molar-refractivity contribution < 1.29 is 14.7 Å². The quantitative estimate of drug-likeness (QED) is 0.890. The molecule has 1 fully saturated rings. The summed E-state index contributed by atoms with van der Waals surface area (Å²) in [6.45, 7) is 1.76. The van der Waals surface area contributed by atoms with Gasteiger partial charge in [0.15, 0.2) is 0 Å². The van der Waals surface area contributed by atoms with Crippen LogP contribution in [-0.2, 0) is 4.79 Å². The first-order chi connectivity index (χ1) is 11.1. The molecule has 0 saturated heterocycles. The highest BCUT2D eigenvalue weighted by Gasteiger charge is 2.37. The van der Waals surface area contributed by atoms with Gasteiger partial charge in [0.25, 0.3) is 5.91 Å². The lowest BCUT2D eigenvalue weighted by molar-refractivity contribution is -0.139. The molecule has 1 amide bonds. The smallest absolute Gasteiger partial charge is 0.326 e. The SMILES string of the molecule is Cc1nc(-c2ccccc2)ccc1C(=O)NC(C(=O)O)C1CC1. The molecule has 0 aliphatic heterocycles. The van der Waals surface area contributed by atoms with Gasteiger partial charge < -0.3 is 10.4 Å². The van der Waals surface area contributed by atoms with E-state index in [2.05, 4.69) is 10.3 Å². The molecule has 1 aliphatic carbocycles. The number of carbonyl (C=O) groups excluding carboxylic acids is 1. The van der Waals surface area contributed by atoms with Crippen molar-refractivity contribution in [1.82, 2.24) is 10.3 Å². The molecule has 1 aromatic heterocycles. The predicted octanol–water partition coefficient (Wildman–Crippen LogP) is 2.65. The summed E-state index contributed by atoms with van der Waals surface area (Å²) >= 11 is 0. The normalized spacial score (nSPS) is 15.0. The number of rotatable bonds is 5. The molecule has 118 valence electrons. The minimum absolute atomic E-state index is 0.0494. The maximum Gasteiger partial charge on any atom is 0.326 e. The van der Waals surface area contributed by atoms with Crippen LogP contribution in [0.5, 0.6) is 0 Å². The van der Waals surface area contributed by atoms with E-state index in [1.165, 1.54) is 0 Å². The fraction of sp³-hybridized carbons (Fsp3) is 0.278. The van der Waals surface area contributed by atoms with E-state index in [-0.39, 0.29) is 11.8 Å². The van der Waals surface area contributed by atoms with Crippen molar-refractivity contribution in [1.29, 1.82) is 0 Å². The summed E-state index contributed by atoms with van der Waals surface area (Å²) in [5.74, 6) is -1.31. The number of aliphatic carboxylic acids is 1. The van der Waals surface area contributed by atoms with Crippen LogP contribution >= 0.6 is 0 Å². The molecule has 5 heteroatoms. The Morgan fingerprint density at radius 2 is 1.87 bits per heavy atom. The van der Waals surface area contributed by atoms with Crippen LogP contribution in [0, 0.1) is 12.8 Å². The molecule has 23 heavy (non-hydrogen) atoms. The maximum absolute atomic E-state index is 12.3. The molecular weight excluding hydrogens is 292 g/mol. The maximum atomic E-state index is 12.3. The van der Waals surface area contributed by atoms with Gasteiger partial charge in [-0.3, -0.25) is 9.78 Å².